The molecule has 5 rings (SSSR count). The Labute approximate surface area is 141 Å². The molecule has 4 aliphatic carbocycles. The predicted octanol–water partition coefficient (Wildman–Crippen LogP) is 2.22. The normalized spacial score (nSPS) is 60.5. The molecule has 1 spiro atoms. The maximum atomic E-state index is 12.7. The standard InChI is InChI=1S/C19H26O5/c1-9-5-18-6-10(9)3-4-12(18)19-8-11(20)7-17(2,16(23)24-19)14(19)13(18)15(21)22/h9-14,20H,3-8H2,1-2H3,(H,21,22)/t9-,10+,11+,12?,13+,14+,17-,18-,19-/m0/s1. The fourth-order valence-corrected chi connectivity index (χ4v) is 8.21. The largest absolute Gasteiger partial charge is 0.481 e. The summed E-state index contributed by atoms with van der Waals surface area (Å²) in [5, 5.41) is 20.7. The maximum absolute atomic E-state index is 12.7. The van der Waals surface area contributed by atoms with E-state index in [4.69, 9.17) is 4.74 Å². The summed E-state index contributed by atoms with van der Waals surface area (Å²) in [6.07, 6.45) is 4.11. The molecule has 4 bridgehead atoms. The second-order valence-electron chi connectivity index (χ2n) is 9.63. The third kappa shape index (κ3) is 1.40. The zero-order chi connectivity index (χ0) is 17.1. The van der Waals surface area contributed by atoms with E-state index in [1.807, 2.05) is 6.92 Å². The molecule has 5 nitrogen and oxygen atoms in total. The smallest absolute Gasteiger partial charge is 0.312 e. The number of rotatable bonds is 1. The van der Waals surface area contributed by atoms with Crippen molar-refractivity contribution in [3.05, 3.63) is 0 Å². The van der Waals surface area contributed by atoms with Crippen LogP contribution in [0.5, 0.6) is 0 Å². The van der Waals surface area contributed by atoms with Crippen LogP contribution in [0.25, 0.3) is 0 Å². The van der Waals surface area contributed by atoms with E-state index in [2.05, 4.69) is 6.92 Å². The molecular formula is C19H26O5. The van der Waals surface area contributed by atoms with Gasteiger partial charge >= 0.3 is 11.9 Å². The van der Waals surface area contributed by atoms with Crippen LogP contribution < -0.4 is 0 Å². The van der Waals surface area contributed by atoms with Crippen LogP contribution in [0.1, 0.15) is 52.4 Å². The van der Waals surface area contributed by atoms with Gasteiger partial charge in [-0.15, -0.1) is 0 Å². The molecule has 1 heterocycles. The van der Waals surface area contributed by atoms with E-state index in [9.17, 15) is 19.8 Å². The lowest BCUT2D eigenvalue weighted by molar-refractivity contribution is -0.161. The minimum Gasteiger partial charge on any atom is -0.481 e. The van der Waals surface area contributed by atoms with Gasteiger partial charge in [0.25, 0.3) is 0 Å². The van der Waals surface area contributed by atoms with Gasteiger partial charge in [-0.25, -0.2) is 0 Å². The van der Waals surface area contributed by atoms with E-state index in [1.165, 1.54) is 0 Å². The minimum absolute atomic E-state index is 0.0954. The van der Waals surface area contributed by atoms with Gasteiger partial charge in [0.2, 0.25) is 0 Å². The number of esters is 1. The first kappa shape index (κ1) is 15.2. The van der Waals surface area contributed by atoms with Gasteiger partial charge in [-0.2, -0.15) is 0 Å². The summed E-state index contributed by atoms with van der Waals surface area (Å²) in [6.45, 7) is 4.09. The third-order valence-electron chi connectivity index (χ3n) is 8.65. The van der Waals surface area contributed by atoms with Crippen LogP contribution in [0, 0.1) is 40.4 Å². The molecule has 5 aliphatic rings. The van der Waals surface area contributed by atoms with Crippen LogP contribution >= 0.6 is 0 Å². The number of aliphatic carboxylic acids is 1. The average molecular weight is 334 g/mol. The Hall–Kier alpha value is -1.10. The van der Waals surface area contributed by atoms with Crippen molar-refractivity contribution in [3.63, 3.8) is 0 Å². The number of ether oxygens (including phenoxy) is 1. The number of carbonyl (C=O) groups excluding carboxylic acids is 1. The second kappa shape index (κ2) is 4.17. The molecular weight excluding hydrogens is 308 g/mol. The second-order valence-corrected chi connectivity index (χ2v) is 9.63. The van der Waals surface area contributed by atoms with Crippen LogP contribution in [0.4, 0.5) is 0 Å². The molecule has 132 valence electrons. The molecule has 1 unspecified atom stereocenters. The zero-order valence-corrected chi connectivity index (χ0v) is 14.3. The van der Waals surface area contributed by atoms with Gasteiger partial charge in [0.1, 0.15) is 5.60 Å². The topological polar surface area (TPSA) is 83.8 Å². The van der Waals surface area contributed by atoms with Gasteiger partial charge in [-0.05, 0) is 56.3 Å². The van der Waals surface area contributed by atoms with E-state index in [0.717, 1.165) is 25.7 Å². The molecule has 0 aromatic carbocycles. The maximum Gasteiger partial charge on any atom is 0.312 e. The van der Waals surface area contributed by atoms with Crippen molar-refractivity contribution in [2.75, 3.05) is 0 Å². The first-order chi connectivity index (χ1) is 11.2. The van der Waals surface area contributed by atoms with Crippen molar-refractivity contribution in [2.45, 2.75) is 64.1 Å². The van der Waals surface area contributed by atoms with Crippen LogP contribution in [-0.2, 0) is 14.3 Å². The molecule has 9 atom stereocenters. The zero-order valence-electron chi connectivity index (χ0n) is 14.3. The average Bonchev–Trinajstić information content (AvgIpc) is 2.92. The molecule has 1 aliphatic heterocycles. The number of carboxylic acid groups (broad SMARTS) is 1. The SMILES string of the molecule is C[C@H]1C[C@]23C[C@H]1CCC2[C@]12C[C@H](O)C[C@](C)(C(=O)O1)[C@H]2[C@@H]3C(=O)O. The molecule has 0 aromatic rings. The van der Waals surface area contributed by atoms with E-state index in [0.29, 0.717) is 24.7 Å². The molecule has 2 N–H and O–H groups in total. The predicted molar refractivity (Wildman–Crippen MR) is 83.8 cm³/mol. The lowest BCUT2D eigenvalue weighted by Crippen LogP contribution is -2.51. The monoisotopic (exact) mass is 334 g/mol. The van der Waals surface area contributed by atoms with Gasteiger partial charge in [0.05, 0.1) is 17.4 Å². The molecule has 0 amide bonds. The fraction of sp³-hybridized carbons (Fsp3) is 0.895. The number of hydrogen-bond donors (Lipinski definition) is 2. The minimum atomic E-state index is -0.853. The summed E-state index contributed by atoms with van der Waals surface area (Å²) < 4.78 is 6.04. The first-order valence-electron chi connectivity index (χ1n) is 9.39. The summed E-state index contributed by atoms with van der Waals surface area (Å²) in [5.74, 6) is -0.600. The van der Waals surface area contributed by atoms with E-state index < -0.39 is 29.0 Å². The van der Waals surface area contributed by atoms with E-state index in [1.54, 1.807) is 0 Å². The summed E-state index contributed by atoms with van der Waals surface area (Å²) in [6, 6.07) is 0. The highest BCUT2D eigenvalue weighted by molar-refractivity contribution is 5.84. The Morgan fingerprint density at radius 2 is 1.96 bits per heavy atom. The van der Waals surface area contributed by atoms with Gasteiger partial charge in [-0.3, -0.25) is 9.59 Å². The van der Waals surface area contributed by atoms with Crippen molar-refractivity contribution in [1.29, 1.82) is 0 Å². The summed E-state index contributed by atoms with van der Waals surface area (Å²) in [4.78, 5) is 25.1. The van der Waals surface area contributed by atoms with Gasteiger partial charge in [0.15, 0.2) is 0 Å². The van der Waals surface area contributed by atoms with Crippen LogP contribution in [0.3, 0.4) is 0 Å². The Morgan fingerprint density at radius 1 is 1.21 bits per heavy atom. The first-order valence-corrected chi connectivity index (χ1v) is 9.39. The van der Waals surface area contributed by atoms with Gasteiger partial charge in [0, 0.05) is 18.3 Å². The third-order valence-corrected chi connectivity index (χ3v) is 8.65. The Bertz CT molecular complexity index is 642. The molecule has 1 saturated heterocycles. The van der Waals surface area contributed by atoms with Crippen molar-refractivity contribution in [2.24, 2.45) is 40.4 Å². The summed E-state index contributed by atoms with van der Waals surface area (Å²) in [5.41, 5.74) is -1.85. The fourth-order valence-electron chi connectivity index (χ4n) is 8.21. The van der Waals surface area contributed by atoms with E-state index >= 15 is 0 Å². The number of aliphatic hydroxyl groups is 1. The number of fused-ring (bicyclic) bond motifs is 1. The molecule has 5 fully saturated rings. The highest BCUT2D eigenvalue weighted by Crippen LogP contribution is 2.77. The lowest BCUT2D eigenvalue weighted by atomic mass is 9.59. The number of hydrogen-bond acceptors (Lipinski definition) is 4. The van der Waals surface area contributed by atoms with Gasteiger partial charge in [-0.1, -0.05) is 6.92 Å². The van der Waals surface area contributed by atoms with Crippen LogP contribution in [0.2, 0.25) is 0 Å². The number of carbonyl (C=O) groups is 2. The Morgan fingerprint density at radius 3 is 2.67 bits per heavy atom. The number of carboxylic acids is 1. The van der Waals surface area contributed by atoms with E-state index in [-0.39, 0.29) is 23.2 Å². The highest BCUT2D eigenvalue weighted by Gasteiger charge is 2.82. The molecule has 24 heavy (non-hydrogen) atoms. The summed E-state index contributed by atoms with van der Waals surface area (Å²) in [7, 11) is 0. The van der Waals surface area contributed by atoms with Crippen molar-refractivity contribution >= 4 is 11.9 Å². The molecule has 0 radical (unpaired) electrons. The Kier molecular flexibility index (Phi) is 2.64. The molecule has 0 aromatic heterocycles. The highest BCUT2D eigenvalue weighted by atomic mass is 16.6. The van der Waals surface area contributed by atoms with Crippen LogP contribution in [-0.4, -0.2) is 33.9 Å². The molecule has 4 saturated carbocycles. The van der Waals surface area contributed by atoms with Crippen molar-refractivity contribution in [1.82, 2.24) is 0 Å². The summed E-state index contributed by atoms with van der Waals surface area (Å²) >= 11 is 0. The Balaban J connectivity index is 1.74. The van der Waals surface area contributed by atoms with Crippen molar-refractivity contribution < 1.29 is 24.5 Å². The van der Waals surface area contributed by atoms with Crippen molar-refractivity contribution in [3.8, 4) is 0 Å². The number of aliphatic hydroxyl groups excluding tert-OH is 1. The van der Waals surface area contributed by atoms with Gasteiger partial charge < -0.3 is 14.9 Å². The quantitative estimate of drug-likeness (QED) is 0.718. The lowest BCUT2D eigenvalue weighted by Gasteiger charge is -2.44. The van der Waals surface area contributed by atoms with Crippen LogP contribution in [0.15, 0.2) is 0 Å². The molecule has 5 heteroatoms.